The van der Waals surface area contributed by atoms with Crippen LogP contribution >= 0.6 is 0 Å². The van der Waals surface area contributed by atoms with Crippen molar-refractivity contribution in [2.75, 3.05) is 0 Å². The van der Waals surface area contributed by atoms with Crippen LogP contribution < -0.4 is 5.32 Å². The summed E-state index contributed by atoms with van der Waals surface area (Å²) in [5.74, 6) is 1.14. The Morgan fingerprint density at radius 2 is 2.05 bits per heavy atom. The lowest BCUT2D eigenvalue weighted by Crippen LogP contribution is -2.38. The standard InChI is InChI=1S/C15H17FN2O/c16-10-1-4-13-14(8-10)19-15(18-13)7-9-5-11-2-3-12(6-9)17-11/h1,4,8-9,11-12,17H,2-3,5-7H2. The van der Waals surface area contributed by atoms with Crippen LogP contribution in [0, 0.1) is 11.7 Å². The highest BCUT2D eigenvalue weighted by molar-refractivity contribution is 5.72. The number of rotatable bonds is 2. The molecule has 1 aromatic carbocycles. The van der Waals surface area contributed by atoms with Crippen molar-refractivity contribution in [3.63, 3.8) is 0 Å². The third kappa shape index (κ3) is 2.14. The minimum Gasteiger partial charge on any atom is -0.441 e. The highest BCUT2D eigenvalue weighted by atomic mass is 19.1. The molecule has 2 aromatic rings. The summed E-state index contributed by atoms with van der Waals surface area (Å²) >= 11 is 0. The van der Waals surface area contributed by atoms with Gasteiger partial charge in [-0.15, -0.1) is 0 Å². The van der Waals surface area contributed by atoms with Crippen molar-refractivity contribution in [2.45, 2.75) is 44.2 Å². The Hall–Kier alpha value is -1.42. The van der Waals surface area contributed by atoms with Gasteiger partial charge in [0.2, 0.25) is 0 Å². The zero-order chi connectivity index (χ0) is 12.8. The lowest BCUT2D eigenvalue weighted by molar-refractivity contribution is 0.284. The Kier molecular flexibility index (Phi) is 2.58. The molecule has 4 heteroatoms. The number of oxazole rings is 1. The molecule has 0 radical (unpaired) electrons. The second-order valence-electron chi connectivity index (χ2n) is 5.90. The van der Waals surface area contributed by atoms with Crippen LogP contribution in [0.4, 0.5) is 4.39 Å². The van der Waals surface area contributed by atoms with Gasteiger partial charge in [-0.1, -0.05) is 0 Å². The first-order valence-electron chi connectivity index (χ1n) is 7.07. The van der Waals surface area contributed by atoms with Gasteiger partial charge in [0.1, 0.15) is 11.3 Å². The molecule has 0 spiro atoms. The number of benzene rings is 1. The summed E-state index contributed by atoms with van der Waals surface area (Å²) in [5.41, 5.74) is 1.32. The van der Waals surface area contributed by atoms with Crippen LogP contribution in [-0.4, -0.2) is 17.1 Å². The maximum Gasteiger partial charge on any atom is 0.195 e. The molecule has 2 unspecified atom stereocenters. The van der Waals surface area contributed by atoms with E-state index in [0.29, 0.717) is 23.6 Å². The topological polar surface area (TPSA) is 38.1 Å². The predicted molar refractivity (Wildman–Crippen MR) is 70.3 cm³/mol. The van der Waals surface area contributed by atoms with Crippen molar-refractivity contribution >= 4 is 11.1 Å². The summed E-state index contributed by atoms with van der Waals surface area (Å²) in [7, 11) is 0. The maximum absolute atomic E-state index is 13.1. The molecule has 2 aliphatic heterocycles. The normalized spacial score (nSPS) is 30.1. The average Bonchev–Trinajstić information content (AvgIpc) is 2.92. The van der Waals surface area contributed by atoms with E-state index in [4.69, 9.17) is 4.42 Å². The molecule has 1 N–H and O–H groups in total. The highest BCUT2D eigenvalue weighted by Crippen LogP contribution is 2.33. The van der Waals surface area contributed by atoms with E-state index in [1.807, 2.05) is 0 Å². The second kappa shape index (κ2) is 4.30. The molecule has 19 heavy (non-hydrogen) atoms. The number of nitrogens with zero attached hydrogens (tertiary/aromatic N) is 1. The van der Waals surface area contributed by atoms with E-state index in [-0.39, 0.29) is 5.82 Å². The van der Waals surface area contributed by atoms with Gasteiger partial charge in [0.15, 0.2) is 11.5 Å². The molecule has 4 rings (SSSR count). The van der Waals surface area contributed by atoms with E-state index in [2.05, 4.69) is 10.3 Å². The van der Waals surface area contributed by atoms with Crippen LogP contribution in [0.1, 0.15) is 31.6 Å². The molecule has 2 saturated heterocycles. The van der Waals surface area contributed by atoms with Crippen molar-refractivity contribution < 1.29 is 8.81 Å². The molecule has 0 saturated carbocycles. The fourth-order valence-electron chi connectivity index (χ4n) is 3.62. The van der Waals surface area contributed by atoms with Gasteiger partial charge in [0, 0.05) is 24.6 Å². The van der Waals surface area contributed by atoms with Crippen molar-refractivity contribution in [3.8, 4) is 0 Å². The van der Waals surface area contributed by atoms with Crippen LogP contribution in [0.3, 0.4) is 0 Å². The number of aromatic nitrogens is 1. The van der Waals surface area contributed by atoms with Gasteiger partial charge in [-0.25, -0.2) is 9.37 Å². The van der Waals surface area contributed by atoms with E-state index >= 15 is 0 Å². The Balaban J connectivity index is 1.54. The highest BCUT2D eigenvalue weighted by Gasteiger charge is 2.33. The molecular formula is C15H17FN2O. The number of halogens is 1. The first-order valence-corrected chi connectivity index (χ1v) is 7.07. The largest absolute Gasteiger partial charge is 0.441 e. The number of fused-ring (bicyclic) bond motifs is 3. The maximum atomic E-state index is 13.1. The van der Waals surface area contributed by atoms with E-state index in [9.17, 15) is 4.39 Å². The summed E-state index contributed by atoms with van der Waals surface area (Å²) < 4.78 is 18.8. The Bertz CT molecular complexity index is 597. The van der Waals surface area contributed by atoms with Gasteiger partial charge >= 0.3 is 0 Å². The van der Waals surface area contributed by atoms with E-state index in [1.54, 1.807) is 6.07 Å². The van der Waals surface area contributed by atoms with Crippen molar-refractivity contribution in [2.24, 2.45) is 5.92 Å². The lowest BCUT2D eigenvalue weighted by Gasteiger charge is -2.28. The zero-order valence-corrected chi connectivity index (χ0v) is 10.7. The summed E-state index contributed by atoms with van der Waals surface area (Å²) in [6, 6.07) is 5.90. The average molecular weight is 260 g/mol. The minimum absolute atomic E-state index is 0.268. The van der Waals surface area contributed by atoms with Crippen LogP contribution in [0.5, 0.6) is 0 Å². The number of hydrogen-bond donors (Lipinski definition) is 1. The SMILES string of the molecule is Fc1ccc2nc(CC3CC4CCC(C3)N4)oc2c1. The van der Waals surface area contributed by atoms with E-state index in [1.165, 1.54) is 37.8 Å². The predicted octanol–water partition coefficient (Wildman–Crippen LogP) is 3.04. The molecule has 100 valence electrons. The first kappa shape index (κ1) is 11.4. The molecule has 3 heterocycles. The fraction of sp³-hybridized carbons (Fsp3) is 0.533. The smallest absolute Gasteiger partial charge is 0.195 e. The molecule has 0 aliphatic carbocycles. The second-order valence-corrected chi connectivity index (χ2v) is 5.90. The third-order valence-electron chi connectivity index (χ3n) is 4.43. The van der Waals surface area contributed by atoms with E-state index < -0.39 is 0 Å². The van der Waals surface area contributed by atoms with Crippen LogP contribution in [0.15, 0.2) is 22.6 Å². The fourth-order valence-corrected chi connectivity index (χ4v) is 3.62. The van der Waals surface area contributed by atoms with Gasteiger partial charge in [0.25, 0.3) is 0 Å². The Morgan fingerprint density at radius 3 is 2.84 bits per heavy atom. The minimum atomic E-state index is -0.268. The number of piperidine rings is 1. The third-order valence-corrected chi connectivity index (χ3v) is 4.43. The number of hydrogen-bond acceptors (Lipinski definition) is 3. The Labute approximate surface area is 111 Å². The summed E-state index contributed by atoms with van der Waals surface area (Å²) in [4.78, 5) is 4.46. The van der Waals surface area contributed by atoms with Crippen molar-refractivity contribution in [3.05, 3.63) is 29.9 Å². The van der Waals surface area contributed by atoms with Gasteiger partial charge in [0.05, 0.1) is 0 Å². The van der Waals surface area contributed by atoms with E-state index in [0.717, 1.165) is 17.8 Å². The molecular weight excluding hydrogens is 243 g/mol. The molecule has 2 fully saturated rings. The summed E-state index contributed by atoms with van der Waals surface area (Å²) in [6.45, 7) is 0. The van der Waals surface area contributed by atoms with Crippen LogP contribution in [0.2, 0.25) is 0 Å². The first-order chi connectivity index (χ1) is 9.26. The summed E-state index contributed by atoms with van der Waals surface area (Å²) in [6.07, 6.45) is 5.91. The molecule has 0 amide bonds. The monoisotopic (exact) mass is 260 g/mol. The van der Waals surface area contributed by atoms with Crippen LogP contribution in [-0.2, 0) is 6.42 Å². The molecule has 2 bridgehead atoms. The van der Waals surface area contributed by atoms with Gasteiger partial charge in [-0.05, 0) is 43.7 Å². The van der Waals surface area contributed by atoms with Crippen molar-refractivity contribution in [1.29, 1.82) is 0 Å². The number of nitrogens with one attached hydrogen (secondary N) is 1. The molecule has 1 aromatic heterocycles. The zero-order valence-electron chi connectivity index (χ0n) is 10.7. The van der Waals surface area contributed by atoms with Gasteiger partial charge in [-0.3, -0.25) is 0 Å². The Morgan fingerprint density at radius 1 is 1.26 bits per heavy atom. The van der Waals surface area contributed by atoms with Gasteiger partial charge < -0.3 is 9.73 Å². The van der Waals surface area contributed by atoms with Crippen LogP contribution in [0.25, 0.3) is 11.1 Å². The lowest BCUT2D eigenvalue weighted by atomic mass is 9.90. The van der Waals surface area contributed by atoms with Gasteiger partial charge in [-0.2, -0.15) is 0 Å². The quantitative estimate of drug-likeness (QED) is 0.902. The molecule has 3 nitrogen and oxygen atoms in total. The molecule has 2 atom stereocenters. The van der Waals surface area contributed by atoms with Crippen molar-refractivity contribution in [1.82, 2.24) is 10.3 Å². The summed E-state index contributed by atoms with van der Waals surface area (Å²) in [5, 5.41) is 3.64. The molecule has 2 aliphatic rings.